The van der Waals surface area contributed by atoms with Crippen molar-refractivity contribution in [1.29, 1.82) is 0 Å². The van der Waals surface area contributed by atoms with Crippen LogP contribution in [0.1, 0.15) is 0 Å². The molecule has 9 aromatic carbocycles. The third kappa shape index (κ3) is 3.92. The number of benzene rings is 9. The van der Waals surface area contributed by atoms with E-state index < -0.39 is 0 Å². The average Bonchev–Trinajstić information content (AvgIpc) is 3.10. The van der Waals surface area contributed by atoms with E-state index in [0.29, 0.717) is 0 Å². The molecule has 0 saturated carbocycles. The number of rotatable bonds is 3. The van der Waals surface area contributed by atoms with Gasteiger partial charge in [0.1, 0.15) is 0 Å². The van der Waals surface area contributed by atoms with E-state index in [2.05, 4.69) is 170 Å². The van der Waals surface area contributed by atoms with Crippen LogP contribution >= 0.6 is 0 Å². The molecule has 9 aromatic rings. The first-order chi connectivity index (χ1) is 21.8. The van der Waals surface area contributed by atoms with Crippen LogP contribution in [0.5, 0.6) is 0 Å². The predicted octanol–water partition coefficient (Wildman–Crippen LogP) is 12.5. The van der Waals surface area contributed by atoms with Gasteiger partial charge in [0.05, 0.1) is 0 Å². The smallest absolute Gasteiger partial charge is 0.00261 e. The van der Waals surface area contributed by atoms with Gasteiger partial charge in [0.15, 0.2) is 0 Å². The zero-order chi connectivity index (χ0) is 29.0. The highest BCUT2D eigenvalue weighted by atomic mass is 14.2. The standard InChI is InChI=1S/C44H28/c1-2-11-34-27-35(25-19-29(34)9-1)30-17-23-33(24-18-30)43-38-13-5-7-15-40(38)44(41-16-8-6-14-39(41)43)36-26-22-32-21-20-31-10-3-4-12-37(31)42(32)28-36/h1-28H. The van der Waals surface area contributed by atoms with Crippen molar-refractivity contribution in [3.8, 4) is 33.4 Å². The third-order valence-electron chi connectivity index (χ3n) is 9.22. The summed E-state index contributed by atoms with van der Waals surface area (Å²) in [6, 6.07) is 62.4. The minimum absolute atomic E-state index is 1.23. The summed E-state index contributed by atoms with van der Waals surface area (Å²) >= 11 is 0. The third-order valence-corrected chi connectivity index (χ3v) is 9.22. The van der Waals surface area contributed by atoms with Gasteiger partial charge in [0.2, 0.25) is 0 Å². The fourth-order valence-corrected chi connectivity index (χ4v) is 7.11. The molecule has 0 aliphatic rings. The topological polar surface area (TPSA) is 0 Å². The molecule has 204 valence electrons. The van der Waals surface area contributed by atoms with Gasteiger partial charge < -0.3 is 0 Å². The zero-order valence-electron chi connectivity index (χ0n) is 24.2. The highest BCUT2D eigenvalue weighted by Crippen LogP contribution is 2.44. The molecule has 0 nitrogen and oxygen atoms in total. The van der Waals surface area contributed by atoms with Crippen molar-refractivity contribution in [2.45, 2.75) is 0 Å². The van der Waals surface area contributed by atoms with Crippen LogP contribution in [-0.4, -0.2) is 0 Å². The fourth-order valence-electron chi connectivity index (χ4n) is 7.11. The van der Waals surface area contributed by atoms with Crippen LogP contribution in [0.2, 0.25) is 0 Å². The first-order valence-corrected chi connectivity index (χ1v) is 15.3. The van der Waals surface area contributed by atoms with Gasteiger partial charge in [-0.2, -0.15) is 0 Å². The van der Waals surface area contributed by atoms with Gasteiger partial charge in [-0.05, 0) is 99.4 Å². The Kier molecular flexibility index (Phi) is 5.61. The highest BCUT2D eigenvalue weighted by Gasteiger charge is 2.17. The van der Waals surface area contributed by atoms with Crippen molar-refractivity contribution in [2.24, 2.45) is 0 Å². The Morgan fingerprint density at radius 2 is 0.614 bits per heavy atom. The SMILES string of the molecule is c1ccc2cc(-c3ccc(-c4c5ccccc5c(-c5ccc6ccc7ccccc7c6c5)c5ccccc45)cc3)ccc2c1. The summed E-state index contributed by atoms with van der Waals surface area (Å²) < 4.78 is 0. The predicted molar refractivity (Wildman–Crippen MR) is 190 cm³/mol. The maximum atomic E-state index is 2.39. The Hall–Kier alpha value is -5.72. The van der Waals surface area contributed by atoms with E-state index in [-0.39, 0.29) is 0 Å². The summed E-state index contributed by atoms with van der Waals surface area (Å²) in [4.78, 5) is 0. The molecular weight excluding hydrogens is 528 g/mol. The second-order valence-corrected chi connectivity index (χ2v) is 11.7. The minimum Gasteiger partial charge on any atom is -0.0616 e. The fraction of sp³-hybridized carbons (Fsp3) is 0. The lowest BCUT2D eigenvalue weighted by atomic mass is 9.85. The highest BCUT2D eigenvalue weighted by molar-refractivity contribution is 6.22. The van der Waals surface area contributed by atoms with Crippen LogP contribution in [0, 0.1) is 0 Å². The molecule has 0 fully saturated rings. The average molecular weight is 557 g/mol. The molecule has 0 heteroatoms. The van der Waals surface area contributed by atoms with Crippen LogP contribution in [0.4, 0.5) is 0 Å². The Morgan fingerprint density at radius 1 is 0.205 bits per heavy atom. The van der Waals surface area contributed by atoms with Crippen molar-refractivity contribution in [3.63, 3.8) is 0 Å². The molecule has 0 bridgehead atoms. The Morgan fingerprint density at radius 3 is 1.27 bits per heavy atom. The summed E-state index contributed by atoms with van der Waals surface area (Å²) in [6.45, 7) is 0. The van der Waals surface area contributed by atoms with Crippen LogP contribution in [0.25, 0.3) is 87.2 Å². The van der Waals surface area contributed by atoms with E-state index in [4.69, 9.17) is 0 Å². The summed E-state index contributed by atoms with van der Waals surface area (Å²) in [7, 11) is 0. The second-order valence-electron chi connectivity index (χ2n) is 11.7. The van der Waals surface area contributed by atoms with E-state index in [1.165, 1.54) is 87.2 Å². The van der Waals surface area contributed by atoms with E-state index in [0.717, 1.165) is 0 Å². The van der Waals surface area contributed by atoms with Gasteiger partial charge in [0.25, 0.3) is 0 Å². The van der Waals surface area contributed by atoms with E-state index in [1.807, 2.05) is 0 Å². The van der Waals surface area contributed by atoms with Crippen LogP contribution in [0.3, 0.4) is 0 Å². The minimum atomic E-state index is 1.23. The van der Waals surface area contributed by atoms with Gasteiger partial charge in [-0.1, -0.05) is 158 Å². The molecule has 0 radical (unpaired) electrons. The number of hydrogen-bond donors (Lipinski definition) is 0. The maximum absolute atomic E-state index is 2.39. The zero-order valence-corrected chi connectivity index (χ0v) is 24.2. The quantitative estimate of drug-likeness (QED) is 0.150. The molecule has 0 saturated heterocycles. The van der Waals surface area contributed by atoms with Crippen molar-refractivity contribution in [2.75, 3.05) is 0 Å². The lowest BCUT2D eigenvalue weighted by Crippen LogP contribution is -1.91. The Balaban J connectivity index is 1.26. The lowest BCUT2D eigenvalue weighted by Gasteiger charge is -2.18. The van der Waals surface area contributed by atoms with Crippen molar-refractivity contribution in [1.82, 2.24) is 0 Å². The van der Waals surface area contributed by atoms with Gasteiger partial charge in [-0.15, -0.1) is 0 Å². The monoisotopic (exact) mass is 556 g/mol. The van der Waals surface area contributed by atoms with Gasteiger partial charge >= 0.3 is 0 Å². The van der Waals surface area contributed by atoms with E-state index >= 15 is 0 Å². The van der Waals surface area contributed by atoms with Gasteiger partial charge in [0, 0.05) is 0 Å². The number of fused-ring (bicyclic) bond motifs is 6. The first kappa shape index (κ1) is 24.8. The van der Waals surface area contributed by atoms with Crippen LogP contribution < -0.4 is 0 Å². The van der Waals surface area contributed by atoms with E-state index in [9.17, 15) is 0 Å². The lowest BCUT2D eigenvalue weighted by molar-refractivity contribution is 1.63. The summed E-state index contributed by atoms with van der Waals surface area (Å²) in [5, 5.41) is 12.8. The molecule has 0 heterocycles. The van der Waals surface area contributed by atoms with Crippen molar-refractivity contribution >= 4 is 53.9 Å². The molecule has 0 atom stereocenters. The summed E-state index contributed by atoms with van der Waals surface area (Å²) in [5.41, 5.74) is 7.54. The Bertz CT molecular complexity index is 2480. The second kappa shape index (κ2) is 9.93. The maximum Gasteiger partial charge on any atom is -0.00261 e. The molecule has 0 aliphatic carbocycles. The normalized spacial score (nSPS) is 11.6. The first-order valence-electron chi connectivity index (χ1n) is 15.3. The summed E-state index contributed by atoms with van der Waals surface area (Å²) in [6.07, 6.45) is 0. The van der Waals surface area contributed by atoms with Gasteiger partial charge in [-0.3, -0.25) is 0 Å². The van der Waals surface area contributed by atoms with E-state index in [1.54, 1.807) is 0 Å². The number of hydrogen-bond acceptors (Lipinski definition) is 0. The summed E-state index contributed by atoms with van der Waals surface area (Å²) in [5.74, 6) is 0. The van der Waals surface area contributed by atoms with Crippen molar-refractivity contribution in [3.05, 3.63) is 170 Å². The molecule has 0 unspecified atom stereocenters. The molecule has 0 spiro atoms. The van der Waals surface area contributed by atoms with Gasteiger partial charge in [-0.25, -0.2) is 0 Å². The largest absolute Gasteiger partial charge is 0.0616 e. The van der Waals surface area contributed by atoms with Crippen LogP contribution in [0.15, 0.2) is 170 Å². The molecule has 9 rings (SSSR count). The molecule has 0 N–H and O–H groups in total. The molecule has 0 aliphatic heterocycles. The molecule has 0 amide bonds. The van der Waals surface area contributed by atoms with Crippen LogP contribution in [-0.2, 0) is 0 Å². The molecular formula is C44H28. The Labute approximate surface area is 256 Å². The molecule has 44 heavy (non-hydrogen) atoms. The van der Waals surface area contributed by atoms with Crippen molar-refractivity contribution < 1.29 is 0 Å². The molecule has 0 aromatic heterocycles.